The molecule has 1 aromatic rings. The summed E-state index contributed by atoms with van der Waals surface area (Å²) in [5.74, 6) is 0. The largest absolute Gasteiger partial charge is 0.417 e. The Labute approximate surface area is 110 Å². The Morgan fingerprint density at radius 2 is 2.11 bits per heavy atom. The fourth-order valence-electron chi connectivity index (χ4n) is 1.29. The van der Waals surface area contributed by atoms with Crippen LogP contribution in [0.25, 0.3) is 0 Å². The normalized spacial score (nSPS) is 12.7. The van der Waals surface area contributed by atoms with E-state index >= 15 is 0 Å². The minimum absolute atomic E-state index is 0.230. The summed E-state index contributed by atoms with van der Waals surface area (Å²) in [6.07, 6.45) is 3.09. The third kappa shape index (κ3) is 3.74. The second-order valence-electron chi connectivity index (χ2n) is 5.96. The molecule has 0 bridgehead atoms. The average molecular weight is 269 g/mol. The Kier molecular flexibility index (Phi) is 4.81. The summed E-state index contributed by atoms with van der Waals surface area (Å²) in [6, 6.07) is 0. The minimum Gasteiger partial charge on any atom is -0.417 e. The molecule has 0 N–H and O–H groups in total. The maximum atomic E-state index is 10.7. The van der Waals surface area contributed by atoms with E-state index in [0.29, 0.717) is 18.8 Å². The summed E-state index contributed by atoms with van der Waals surface area (Å²) in [6.45, 7) is 12.5. The third-order valence-electron chi connectivity index (χ3n) is 3.55. The molecule has 0 unspecified atom stereocenters. The Morgan fingerprint density at radius 1 is 1.44 bits per heavy atom. The van der Waals surface area contributed by atoms with E-state index < -0.39 is 8.32 Å². The van der Waals surface area contributed by atoms with E-state index in [1.54, 1.807) is 4.68 Å². The first-order valence-corrected chi connectivity index (χ1v) is 9.16. The zero-order chi connectivity index (χ0) is 13.8. The Balaban J connectivity index is 2.38. The van der Waals surface area contributed by atoms with E-state index in [1.807, 2.05) is 0 Å². The van der Waals surface area contributed by atoms with Gasteiger partial charge in [0.05, 0.1) is 6.20 Å². The fourth-order valence-corrected chi connectivity index (χ4v) is 2.38. The van der Waals surface area contributed by atoms with Crippen LogP contribution in [0.2, 0.25) is 18.1 Å². The Hall–Kier alpha value is -1.01. The number of hydrogen-bond acceptors (Lipinski definition) is 4. The highest BCUT2D eigenvalue weighted by Gasteiger charge is 2.36. The highest BCUT2D eigenvalue weighted by Crippen LogP contribution is 2.36. The van der Waals surface area contributed by atoms with Gasteiger partial charge in [0.1, 0.15) is 5.69 Å². The summed E-state index contributed by atoms with van der Waals surface area (Å²) in [5, 5.41) is 7.80. The molecular formula is C12H23N3O2Si. The molecular weight excluding hydrogens is 246 g/mol. The summed E-state index contributed by atoms with van der Waals surface area (Å²) >= 11 is 0. The van der Waals surface area contributed by atoms with E-state index in [1.165, 1.54) is 6.20 Å². The minimum atomic E-state index is -1.66. The first-order valence-electron chi connectivity index (χ1n) is 6.25. The predicted octanol–water partition coefficient (Wildman–Crippen LogP) is 2.50. The molecule has 0 atom stereocenters. The van der Waals surface area contributed by atoms with Crippen LogP contribution in [-0.2, 0) is 11.0 Å². The lowest BCUT2D eigenvalue weighted by molar-refractivity contribution is 0.111. The van der Waals surface area contributed by atoms with Gasteiger partial charge >= 0.3 is 0 Å². The number of aldehydes is 1. The van der Waals surface area contributed by atoms with Crippen LogP contribution in [-0.4, -0.2) is 36.2 Å². The van der Waals surface area contributed by atoms with Crippen molar-refractivity contribution in [1.29, 1.82) is 0 Å². The monoisotopic (exact) mass is 269 g/mol. The van der Waals surface area contributed by atoms with Crippen LogP contribution in [0.4, 0.5) is 0 Å². The number of hydrogen-bond donors (Lipinski definition) is 0. The molecule has 0 fully saturated rings. The lowest BCUT2D eigenvalue weighted by Crippen LogP contribution is -2.41. The van der Waals surface area contributed by atoms with Gasteiger partial charge in [0, 0.05) is 13.2 Å². The summed E-state index contributed by atoms with van der Waals surface area (Å²) < 4.78 is 7.67. The molecule has 1 aromatic heterocycles. The number of nitrogens with zero attached hydrogens (tertiary/aromatic N) is 3. The number of rotatable bonds is 6. The van der Waals surface area contributed by atoms with Crippen molar-refractivity contribution in [3.8, 4) is 0 Å². The SMILES string of the molecule is CC(C)(C)[Si](C)(C)OCCCn1nncc1C=O. The summed E-state index contributed by atoms with van der Waals surface area (Å²) in [7, 11) is -1.66. The molecule has 102 valence electrons. The molecule has 0 saturated carbocycles. The molecule has 0 amide bonds. The topological polar surface area (TPSA) is 57.0 Å². The predicted molar refractivity (Wildman–Crippen MR) is 73.2 cm³/mol. The molecule has 0 aromatic carbocycles. The van der Waals surface area contributed by atoms with Crippen LogP contribution in [0.5, 0.6) is 0 Å². The number of aromatic nitrogens is 3. The average Bonchev–Trinajstić information content (AvgIpc) is 2.70. The molecule has 0 aliphatic rings. The zero-order valence-corrected chi connectivity index (χ0v) is 12.9. The Bertz CT molecular complexity index is 396. The van der Waals surface area contributed by atoms with E-state index in [4.69, 9.17) is 4.43 Å². The van der Waals surface area contributed by atoms with Crippen LogP contribution in [0.1, 0.15) is 37.7 Å². The van der Waals surface area contributed by atoms with Crippen LogP contribution >= 0.6 is 0 Å². The highest BCUT2D eigenvalue weighted by molar-refractivity contribution is 6.74. The molecule has 1 rings (SSSR count). The molecule has 0 saturated heterocycles. The van der Waals surface area contributed by atoms with E-state index in [9.17, 15) is 4.79 Å². The molecule has 5 nitrogen and oxygen atoms in total. The van der Waals surface area contributed by atoms with Crippen molar-refractivity contribution in [2.75, 3.05) is 6.61 Å². The number of carbonyl (C=O) groups is 1. The van der Waals surface area contributed by atoms with Crippen molar-refractivity contribution in [2.45, 2.75) is 51.9 Å². The summed E-state index contributed by atoms with van der Waals surface area (Å²) in [5.41, 5.74) is 0.516. The molecule has 0 aliphatic carbocycles. The van der Waals surface area contributed by atoms with Gasteiger partial charge in [-0.2, -0.15) is 0 Å². The van der Waals surface area contributed by atoms with Gasteiger partial charge in [-0.1, -0.05) is 26.0 Å². The standard InChI is InChI=1S/C12H23N3O2Si/c1-12(2,3)18(4,5)17-8-6-7-15-11(10-16)9-13-14-15/h9-10H,6-8H2,1-5H3. The lowest BCUT2D eigenvalue weighted by Gasteiger charge is -2.36. The lowest BCUT2D eigenvalue weighted by atomic mass is 10.2. The first kappa shape index (κ1) is 15.0. The highest BCUT2D eigenvalue weighted by atomic mass is 28.4. The van der Waals surface area contributed by atoms with Gasteiger partial charge < -0.3 is 4.43 Å². The van der Waals surface area contributed by atoms with Crippen LogP contribution in [0, 0.1) is 0 Å². The molecule has 6 heteroatoms. The number of carbonyl (C=O) groups excluding carboxylic acids is 1. The van der Waals surface area contributed by atoms with Gasteiger partial charge in [-0.15, -0.1) is 5.10 Å². The summed E-state index contributed by atoms with van der Waals surface area (Å²) in [4.78, 5) is 10.7. The van der Waals surface area contributed by atoms with Crippen LogP contribution in [0.3, 0.4) is 0 Å². The van der Waals surface area contributed by atoms with Gasteiger partial charge in [-0.3, -0.25) is 4.79 Å². The van der Waals surface area contributed by atoms with Crippen molar-refractivity contribution in [2.24, 2.45) is 0 Å². The van der Waals surface area contributed by atoms with Gasteiger partial charge in [-0.25, -0.2) is 4.68 Å². The van der Waals surface area contributed by atoms with Gasteiger partial charge in [-0.05, 0) is 24.6 Å². The van der Waals surface area contributed by atoms with Crippen LogP contribution < -0.4 is 0 Å². The Morgan fingerprint density at radius 3 is 2.67 bits per heavy atom. The van der Waals surface area contributed by atoms with E-state index in [0.717, 1.165) is 12.7 Å². The molecule has 0 radical (unpaired) electrons. The quantitative estimate of drug-likeness (QED) is 0.452. The zero-order valence-electron chi connectivity index (χ0n) is 11.9. The smallest absolute Gasteiger partial charge is 0.191 e. The van der Waals surface area contributed by atoms with E-state index in [2.05, 4.69) is 44.2 Å². The molecule has 0 aliphatic heterocycles. The van der Waals surface area contributed by atoms with E-state index in [-0.39, 0.29) is 5.04 Å². The second kappa shape index (κ2) is 5.75. The second-order valence-corrected chi connectivity index (χ2v) is 10.8. The fraction of sp³-hybridized carbons (Fsp3) is 0.750. The maximum absolute atomic E-state index is 10.7. The van der Waals surface area contributed by atoms with Crippen LogP contribution in [0.15, 0.2) is 6.20 Å². The molecule has 0 spiro atoms. The molecule has 1 heterocycles. The third-order valence-corrected chi connectivity index (χ3v) is 8.09. The van der Waals surface area contributed by atoms with Crippen molar-refractivity contribution in [1.82, 2.24) is 15.0 Å². The van der Waals surface area contributed by atoms with Gasteiger partial charge in [0.15, 0.2) is 14.6 Å². The van der Waals surface area contributed by atoms with Crippen molar-refractivity contribution >= 4 is 14.6 Å². The van der Waals surface area contributed by atoms with Crippen molar-refractivity contribution in [3.63, 3.8) is 0 Å². The maximum Gasteiger partial charge on any atom is 0.191 e. The van der Waals surface area contributed by atoms with Crippen molar-refractivity contribution in [3.05, 3.63) is 11.9 Å². The van der Waals surface area contributed by atoms with Gasteiger partial charge in [0.2, 0.25) is 0 Å². The molecule has 18 heavy (non-hydrogen) atoms. The van der Waals surface area contributed by atoms with Gasteiger partial charge in [0.25, 0.3) is 0 Å². The first-order chi connectivity index (χ1) is 8.28. The number of aryl methyl sites for hydroxylation is 1. The van der Waals surface area contributed by atoms with Crippen molar-refractivity contribution < 1.29 is 9.22 Å².